The molecule has 5 nitrogen and oxygen atoms in total. The van der Waals surface area contributed by atoms with Gasteiger partial charge in [0.2, 0.25) is 0 Å². The third-order valence-electron chi connectivity index (χ3n) is 11.2. The fourth-order valence-corrected chi connectivity index (χ4v) is 9.06. The van der Waals surface area contributed by atoms with E-state index in [-0.39, 0.29) is 17.8 Å². The van der Waals surface area contributed by atoms with Crippen LogP contribution in [0, 0.1) is 39.9 Å². The van der Waals surface area contributed by atoms with Crippen molar-refractivity contribution >= 4 is 5.97 Å². The zero-order valence-electron chi connectivity index (χ0n) is 24.3. The van der Waals surface area contributed by atoms with Gasteiger partial charge in [-0.1, -0.05) is 66.7 Å². The van der Waals surface area contributed by atoms with Crippen LogP contribution in [-0.2, 0) is 9.53 Å². The lowest BCUT2D eigenvalue weighted by Crippen LogP contribution is -2.62. The van der Waals surface area contributed by atoms with Crippen LogP contribution in [0.1, 0.15) is 93.9 Å². The summed E-state index contributed by atoms with van der Waals surface area (Å²) in [4.78, 5) is 12.4. The first kappa shape index (κ1) is 28.6. The Bertz CT molecular complexity index is 1000. The summed E-state index contributed by atoms with van der Waals surface area (Å²) in [6.45, 7) is 20.8. The average Bonchev–Trinajstić information content (AvgIpc) is 3.15. The predicted octanol–water partition coefficient (Wildman–Crippen LogP) is 5.74. The molecule has 5 heteroatoms. The molecule has 0 radical (unpaired) electrons. The molecule has 0 spiro atoms. The minimum Gasteiger partial charge on any atom is -0.458 e. The highest BCUT2D eigenvalue weighted by atomic mass is 16.6. The Morgan fingerprint density at radius 2 is 1.81 bits per heavy atom. The van der Waals surface area contributed by atoms with Gasteiger partial charge in [-0.3, -0.25) is 4.79 Å². The van der Waals surface area contributed by atoms with Gasteiger partial charge in [0.05, 0.1) is 12.2 Å². The fourth-order valence-electron chi connectivity index (χ4n) is 9.06. The summed E-state index contributed by atoms with van der Waals surface area (Å²) in [5.74, 6) is 0.808. The second-order valence-corrected chi connectivity index (χ2v) is 14.0. The zero-order valence-corrected chi connectivity index (χ0v) is 24.3. The highest BCUT2D eigenvalue weighted by Crippen LogP contribution is 2.67. The van der Waals surface area contributed by atoms with E-state index in [9.17, 15) is 20.1 Å². The van der Waals surface area contributed by atoms with Crippen LogP contribution in [0.25, 0.3) is 0 Å². The fraction of sp³-hybridized carbons (Fsp3) is 0.781. The third kappa shape index (κ3) is 4.28. The number of carbonyl (C=O) groups excluding carboxylic acids is 1. The SMILES string of the molecule is C=C(CC[C@@H](C)[C@H]1CC=C2C3=C(C(O)C(OC(C)=O)C21C)C1(C)CC(O)C(O)C(C)(C)C1CC3)C(C)C. The first-order valence-corrected chi connectivity index (χ1v) is 14.4. The molecule has 0 bridgehead atoms. The maximum absolute atomic E-state index is 12.4. The van der Waals surface area contributed by atoms with Crippen molar-refractivity contribution in [3.63, 3.8) is 0 Å². The number of rotatable bonds is 6. The van der Waals surface area contributed by atoms with Crippen molar-refractivity contribution in [2.24, 2.45) is 39.9 Å². The molecule has 4 aliphatic rings. The van der Waals surface area contributed by atoms with E-state index in [1.165, 1.54) is 23.6 Å². The number of carbonyl (C=O) groups is 1. The largest absolute Gasteiger partial charge is 0.458 e. The molecule has 0 aromatic carbocycles. The first-order valence-electron chi connectivity index (χ1n) is 14.4. The van der Waals surface area contributed by atoms with Crippen molar-refractivity contribution in [1.29, 1.82) is 0 Å². The molecule has 4 rings (SSSR count). The summed E-state index contributed by atoms with van der Waals surface area (Å²) in [6.07, 6.45) is 4.08. The van der Waals surface area contributed by atoms with Crippen molar-refractivity contribution < 1.29 is 24.9 Å². The molecule has 0 aromatic heterocycles. The molecule has 0 amide bonds. The Labute approximate surface area is 224 Å². The highest BCUT2D eigenvalue weighted by Gasteiger charge is 2.64. The molecule has 0 aliphatic heterocycles. The number of esters is 1. The van der Waals surface area contributed by atoms with Crippen LogP contribution in [0.15, 0.2) is 34.9 Å². The predicted molar refractivity (Wildman–Crippen MR) is 147 cm³/mol. The van der Waals surface area contributed by atoms with Crippen molar-refractivity contribution in [3.8, 4) is 0 Å². The number of aliphatic hydroxyl groups excluding tert-OH is 3. The standard InChI is InChI=1S/C32H50O5/c1-17(2)18(3)10-11-19(4)22-13-14-23-21-12-15-25-30(6,7)28(36)24(34)16-31(25,8)26(21)27(35)29(32(22,23)9)37-20(5)33/h14,17,19,22,24-25,27-29,34-36H,3,10-13,15-16H2,1-2,4-9H3/t19-,22-,24?,25?,27?,28?,29?,31?,32?/m1/s1. The molecule has 7 unspecified atom stereocenters. The summed E-state index contributed by atoms with van der Waals surface area (Å²) in [6, 6.07) is 0. The van der Waals surface area contributed by atoms with E-state index < -0.39 is 40.7 Å². The topological polar surface area (TPSA) is 87.0 Å². The molecule has 1 saturated carbocycles. The van der Waals surface area contributed by atoms with Gasteiger partial charge in [-0.05, 0) is 89.7 Å². The summed E-state index contributed by atoms with van der Waals surface area (Å²) in [7, 11) is 0. The van der Waals surface area contributed by atoms with Gasteiger partial charge in [-0.2, -0.15) is 0 Å². The average molecular weight is 515 g/mol. The smallest absolute Gasteiger partial charge is 0.303 e. The maximum atomic E-state index is 12.4. The Kier molecular flexibility index (Phi) is 7.45. The summed E-state index contributed by atoms with van der Waals surface area (Å²) in [5, 5.41) is 33.9. The van der Waals surface area contributed by atoms with E-state index in [2.05, 4.69) is 47.3 Å². The highest BCUT2D eigenvalue weighted by molar-refractivity contribution is 5.67. The molecule has 0 aromatic rings. The minimum atomic E-state index is -0.939. The van der Waals surface area contributed by atoms with Crippen molar-refractivity contribution in [2.45, 2.75) is 118 Å². The van der Waals surface area contributed by atoms with Crippen molar-refractivity contribution in [2.75, 3.05) is 0 Å². The normalized spacial score (nSPS) is 41.5. The Morgan fingerprint density at radius 1 is 1.16 bits per heavy atom. The molecule has 1 fully saturated rings. The van der Waals surface area contributed by atoms with Crippen molar-refractivity contribution in [1.82, 2.24) is 0 Å². The summed E-state index contributed by atoms with van der Waals surface area (Å²) >= 11 is 0. The molecule has 0 saturated heterocycles. The van der Waals surface area contributed by atoms with Crippen LogP contribution in [-0.4, -0.2) is 45.7 Å². The number of aliphatic hydroxyl groups is 3. The van der Waals surface area contributed by atoms with Gasteiger partial charge in [-0.25, -0.2) is 0 Å². The number of ether oxygens (including phenoxy) is 1. The second kappa shape index (κ2) is 9.64. The van der Waals surface area contributed by atoms with E-state index in [1.807, 2.05) is 13.8 Å². The molecule has 9 atom stereocenters. The molecular weight excluding hydrogens is 464 g/mol. The van der Waals surface area contributed by atoms with Gasteiger partial charge in [0.1, 0.15) is 12.2 Å². The summed E-state index contributed by atoms with van der Waals surface area (Å²) < 4.78 is 6.04. The molecule has 3 N–H and O–H groups in total. The van der Waals surface area contributed by atoms with Gasteiger partial charge in [-0.15, -0.1) is 0 Å². The van der Waals surface area contributed by atoms with Gasteiger partial charge in [0.15, 0.2) is 0 Å². The van der Waals surface area contributed by atoms with E-state index in [0.29, 0.717) is 18.3 Å². The van der Waals surface area contributed by atoms with Crippen LogP contribution in [0.3, 0.4) is 0 Å². The van der Waals surface area contributed by atoms with E-state index in [1.54, 1.807) is 0 Å². The quantitative estimate of drug-likeness (QED) is 0.311. The van der Waals surface area contributed by atoms with Gasteiger partial charge in [0, 0.05) is 12.3 Å². The van der Waals surface area contributed by atoms with Crippen LogP contribution in [0.2, 0.25) is 0 Å². The molecule has 0 heterocycles. The van der Waals surface area contributed by atoms with E-state index >= 15 is 0 Å². The van der Waals surface area contributed by atoms with Gasteiger partial charge in [0.25, 0.3) is 0 Å². The monoisotopic (exact) mass is 514 g/mol. The summed E-state index contributed by atoms with van der Waals surface area (Å²) in [5.41, 5.74) is 3.17. The number of hydrogen-bond acceptors (Lipinski definition) is 5. The number of fused-ring (bicyclic) bond motifs is 4. The lowest BCUT2D eigenvalue weighted by Gasteiger charge is -2.62. The number of hydrogen-bond donors (Lipinski definition) is 3. The first-order chi connectivity index (χ1) is 17.1. The van der Waals surface area contributed by atoms with Crippen molar-refractivity contribution in [3.05, 3.63) is 34.9 Å². The van der Waals surface area contributed by atoms with Crippen LogP contribution < -0.4 is 0 Å². The Hall–Kier alpha value is -1.43. The van der Waals surface area contributed by atoms with E-state index in [0.717, 1.165) is 37.7 Å². The Balaban J connectivity index is 1.78. The molecule has 4 aliphatic carbocycles. The molecule has 37 heavy (non-hydrogen) atoms. The number of allylic oxidation sites excluding steroid dienone is 3. The lowest BCUT2D eigenvalue weighted by molar-refractivity contribution is -0.176. The second-order valence-electron chi connectivity index (χ2n) is 14.0. The van der Waals surface area contributed by atoms with Gasteiger partial charge < -0.3 is 20.1 Å². The maximum Gasteiger partial charge on any atom is 0.303 e. The third-order valence-corrected chi connectivity index (χ3v) is 11.2. The van der Waals surface area contributed by atoms with E-state index in [4.69, 9.17) is 4.74 Å². The lowest BCUT2D eigenvalue weighted by atomic mass is 9.45. The zero-order chi connectivity index (χ0) is 27.7. The molecule has 208 valence electrons. The van der Waals surface area contributed by atoms with Crippen LogP contribution in [0.5, 0.6) is 0 Å². The Morgan fingerprint density at radius 3 is 2.41 bits per heavy atom. The van der Waals surface area contributed by atoms with Crippen LogP contribution in [0.4, 0.5) is 0 Å². The minimum absolute atomic E-state index is 0.105. The molecular formula is C32H50O5. The van der Waals surface area contributed by atoms with Gasteiger partial charge >= 0.3 is 5.97 Å². The van der Waals surface area contributed by atoms with Crippen LogP contribution >= 0.6 is 0 Å².